The molecule has 94 valence electrons. The van der Waals surface area contributed by atoms with Crippen molar-refractivity contribution in [2.45, 2.75) is 13.3 Å². The molecular weight excluding hydrogens is 250 g/mol. The lowest BCUT2D eigenvalue weighted by atomic mass is 10.0. The van der Waals surface area contributed by atoms with E-state index in [1.807, 2.05) is 12.1 Å². The molecule has 1 nitrogen and oxygen atoms in total. The molecule has 3 aromatic rings. The van der Waals surface area contributed by atoms with Gasteiger partial charge in [0.15, 0.2) is 0 Å². The number of para-hydroxylation sites is 1. The maximum Gasteiger partial charge on any atom is 0.124 e. The molecule has 0 aliphatic carbocycles. The summed E-state index contributed by atoms with van der Waals surface area (Å²) in [5.41, 5.74) is 4.95. The molecule has 0 fully saturated rings. The zero-order valence-corrected chi connectivity index (χ0v) is 11.7. The van der Waals surface area contributed by atoms with Crippen molar-refractivity contribution in [1.29, 1.82) is 0 Å². The van der Waals surface area contributed by atoms with Crippen LogP contribution < -0.4 is 0 Å². The van der Waals surface area contributed by atoms with E-state index in [1.165, 1.54) is 21.4 Å². The Kier molecular flexibility index (Phi) is 3.18. The van der Waals surface area contributed by atoms with Crippen LogP contribution in [0.3, 0.4) is 0 Å². The van der Waals surface area contributed by atoms with Gasteiger partial charge in [-0.1, -0.05) is 36.4 Å². The number of aromatic nitrogens is 1. The molecule has 0 bridgehead atoms. The number of hydrogen-bond acceptors (Lipinski definition) is 2. The Morgan fingerprint density at radius 1 is 1.16 bits per heavy atom. The molecule has 1 heterocycles. The minimum Gasteiger partial charge on any atom is -0.236 e. The third-order valence-corrected chi connectivity index (χ3v) is 4.40. The van der Waals surface area contributed by atoms with Crippen LogP contribution in [0.4, 0.5) is 0 Å². The highest BCUT2D eigenvalue weighted by atomic mass is 32.1. The first-order chi connectivity index (χ1) is 9.29. The van der Waals surface area contributed by atoms with Crippen LogP contribution in [-0.4, -0.2) is 4.98 Å². The second kappa shape index (κ2) is 4.98. The van der Waals surface area contributed by atoms with E-state index in [1.54, 1.807) is 11.3 Å². The third-order valence-electron chi connectivity index (χ3n) is 3.33. The summed E-state index contributed by atoms with van der Waals surface area (Å²) in [7, 11) is 0. The summed E-state index contributed by atoms with van der Waals surface area (Å²) >= 11 is 1.75. The molecular formula is C17H15NS. The molecule has 0 radical (unpaired) electrons. The summed E-state index contributed by atoms with van der Waals surface area (Å²) in [4.78, 5) is 4.74. The first kappa shape index (κ1) is 12.1. The fourth-order valence-corrected chi connectivity index (χ4v) is 3.33. The van der Waals surface area contributed by atoms with Gasteiger partial charge < -0.3 is 0 Å². The number of benzene rings is 2. The van der Waals surface area contributed by atoms with Gasteiger partial charge in [0, 0.05) is 5.56 Å². The molecule has 0 aliphatic heterocycles. The van der Waals surface area contributed by atoms with E-state index in [0.717, 1.165) is 16.9 Å². The highest BCUT2D eigenvalue weighted by molar-refractivity contribution is 7.21. The van der Waals surface area contributed by atoms with Gasteiger partial charge >= 0.3 is 0 Å². The fourth-order valence-electron chi connectivity index (χ4n) is 2.28. The number of fused-ring (bicyclic) bond motifs is 1. The molecule has 0 aliphatic rings. The Labute approximate surface area is 117 Å². The van der Waals surface area contributed by atoms with Crippen molar-refractivity contribution in [2.24, 2.45) is 0 Å². The molecule has 0 saturated carbocycles. The Balaban J connectivity index is 2.15. The van der Waals surface area contributed by atoms with Gasteiger partial charge in [-0.05, 0) is 36.6 Å². The van der Waals surface area contributed by atoms with E-state index >= 15 is 0 Å². The average Bonchev–Trinajstić information content (AvgIpc) is 2.85. The van der Waals surface area contributed by atoms with E-state index in [-0.39, 0.29) is 0 Å². The van der Waals surface area contributed by atoms with E-state index in [2.05, 4.69) is 49.9 Å². The minimum atomic E-state index is 0.907. The SMILES string of the molecule is C=CCc1cccc(-c2nc3ccccc3s2)c1C. The van der Waals surface area contributed by atoms with Gasteiger partial charge in [-0.25, -0.2) is 4.98 Å². The summed E-state index contributed by atoms with van der Waals surface area (Å²) in [6.07, 6.45) is 2.86. The van der Waals surface area contributed by atoms with Crippen molar-refractivity contribution in [2.75, 3.05) is 0 Å². The van der Waals surface area contributed by atoms with Gasteiger partial charge in [-0.3, -0.25) is 0 Å². The van der Waals surface area contributed by atoms with Gasteiger partial charge in [-0.15, -0.1) is 17.9 Å². The molecule has 0 saturated heterocycles. The van der Waals surface area contributed by atoms with E-state index in [9.17, 15) is 0 Å². The number of thiazole rings is 1. The highest BCUT2D eigenvalue weighted by Gasteiger charge is 2.10. The highest BCUT2D eigenvalue weighted by Crippen LogP contribution is 2.33. The van der Waals surface area contributed by atoms with Gasteiger partial charge in [0.25, 0.3) is 0 Å². The largest absolute Gasteiger partial charge is 0.236 e. The molecule has 0 spiro atoms. The van der Waals surface area contributed by atoms with Crippen LogP contribution in [0.15, 0.2) is 55.1 Å². The third kappa shape index (κ3) is 2.20. The quantitative estimate of drug-likeness (QED) is 0.607. The van der Waals surface area contributed by atoms with Crippen LogP contribution in [0.25, 0.3) is 20.8 Å². The van der Waals surface area contributed by atoms with Crippen LogP contribution in [0, 0.1) is 6.92 Å². The zero-order valence-electron chi connectivity index (χ0n) is 10.9. The van der Waals surface area contributed by atoms with Crippen LogP contribution >= 0.6 is 11.3 Å². The second-order valence-corrected chi connectivity index (χ2v) is 5.60. The summed E-state index contributed by atoms with van der Waals surface area (Å²) in [6.45, 7) is 5.99. The van der Waals surface area contributed by atoms with E-state index in [0.29, 0.717) is 0 Å². The molecule has 0 N–H and O–H groups in total. The first-order valence-corrected chi connectivity index (χ1v) is 7.16. The lowest BCUT2D eigenvalue weighted by Gasteiger charge is -2.07. The standard InChI is InChI=1S/C17H15NS/c1-3-7-13-8-6-9-14(12(13)2)17-18-15-10-4-5-11-16(15)19-17/h3-6,8-11H,1,7H2,2H3. The van der Waals surface area contributed by atoms with Gasteiger partial charge in [0.05, 0.1) is 10.2 Å². The Morgan fingerprint density at radius 3 is 2.79 bits per heavy atom. The Hall–Kier alpha value is -1.93. The summed E-state index contributed by atoms with van der Waals surface area (Å²) in [5.74, 6) is 0. The minimum absolute atomic E-state index is 0.907. The van der Waals surface area contributed by atoms with Crippen molar-refractivity contribution in [1.82, 2.24) is 4.98 Å². The summed E-state index contributed by atoms with van der Waals surface area (Å²) < 4.78 is 1.24. The molecule has 0 atom stereocenters. The molecule has 0 unspecified atom stereocenters. The van der Waals surface area contributed by atoms with Crippen molar-refractivity contribution in [3.05, 3.63) is 66.2 Å². The van der Waals surface area contributed by atoms with Gasteiger partial charge in [0.2, 0.25) is 0 Å². The number of hydrogen-bond donors (Lipinski definition) is 0. The van der Waals surface area contributed by atoms with Gasteiger partial charge in [0.1, 0.15) is 5.01 Å². The Bertz CT molecular complexity index is 707. The summed E-state index contributed by atoms with van der Waals surface area (Å²) in [5, 5.41) is 1.10. The number of rotatable bonds is 3. The number of nitrogens with zero attached hydrogens (tertiary/aromatic N) is 1. The molecule has 1 aromatic heterocycles. The van der Waals surface area contributed by atoms with E-state index in [4.69, 9.17) is 4.98 Å². The second-order valence-electron chi connectivity index (χ2n) is 4.57. The molecule has 2 aromatic carbocycles. The van der Waals surface area contributed by atoms with Crippen molar-refractivity contribution < 1.29 is 0 Å². The predicted molar refractivity (Wildman–Crippen MR) is 83.7 cm³/mol. The lowest BCUT2D eigenvalue weighted by Crippen LogP contribution is -1.90. The van der Waals surface area contributed by atoms with Crippen molar-refractivity contribution in [3.63, 3.8) is 0 Å². The number of allylic oxidation sites excluding steroid dienone is 1. The monoisotopic (exact) mass is 265 g/mol. The fraction of sp³-hybridized carbons (Fsp3) is 0.118. The van der Waals surface area contributed by atoms with Crippen LogP contribution in [0.2, 0.25) is 0 Å². The summed E-state index contributed by atoms with van der Waals surface area (Å²) in [6, 6.07) is 14.7. The topological polar surface area (TPSA) is 12.9 Å². The van der Waals surface area contributed by atoms with Crippen LogP contribution in [0.5, 0.6) is 0 Å². The van der Waals surface area contributed by atoms with Crippen molar-refractivity contribution in [3.8, 4) is 10.6 Å². The first-order valence-electron chi connectivity index (χ1n) is 6.35. The molecule has 19 heavy (non-hydrogen) atoms. The maximum absolute atomic E-state index is 4.74. The van der Waals surface area contributed by atoms with Crippen LogP contribution in [0.1, 0.15) is 11.1 Å². The Morgan fingerprint density at radius 2 is 2.00 bits per heavy atom. The normalized spacial score (nSPS) is 10.8. The van der Waals surface area contributed by atoms with Crippen LogP contribution in [-0.2, 0) is 6.42 Å². The molecule has 2 heteroatoms. The molecule has 3 rings (SSSR count). The maximum atomic E-state index is 4.74. The van der Waals surface area contributed by atoms with E-state index < -0.39 is 0 Å². The smallest absolute Gasteiger partial charge is 0.124 e. The lowest BCUT2D eigenvalue weighted by molar-refractivity contribution is 1.22. The van der Waals surface area contributed by atoms with Crippen molar-refractivity contribution >= 4 is 21.6 Å². The predicted octanol–water partition coefficient (Wildman–Crippen LogP) is 5.00. The van der Waals surface area contributed by atoms with Gasteiger partial charge in [-0.2, -0.15) is 0 Å². The average molecular weight is 265 g/mol. The zero-order chi connectivity index (χ0) is 13.2. The molecule has 0 amide bonds.